The number of aliphatic carboxylic acids is 2. The average Bonchev–Trinajstić information content (AvgIpc) is 3.38. The number of nitrogens with one attached hydrogen (secondary N) is 4. The summed E-state index contributed by atoms with van der Waals surface area (Å²) in [5.74, 6) is -5.04. The van der Waals surface area contributed by atoms with Crippen LogP contribution in [0.3, 0.4) is 0 Å². The molecule has 43 heavy (non-hydrogen) atoms. The molecule has 0 fully saturated rings. The van der Waals surface area contributed by atoms with Gasteiger partial charge in [-0.1, -0.05) is 48.5 Å². The second kappa shape index (κ2) is 16.0. The standard InChI is InChI=1S/C30H38N6O7/c31-13-7-6-12-23(28(40)36-25(30(42)43)14-18-8-2-1-3-9-18)34-29(41)24(16-26(37)38)35-27(39)21(32)15-19-17-33-22-11-5-4-10-20(19)22/h1-5,8-11,17,21,23-25,33H,6-7,12-16,31-32H2,(H,34,41)(H,35,39)(H,36,40)(H,37,38)(H,42,43). The summed E-state index contributed by atoms with van der Waals surface area (Å²) in [4.78, 5) is 65.9. The summed E-state index contributed by atoms with van der Waals surface area (Å²) in [6.45, 7) is 0.333. The van der Waals surface area contributed by atoms with Gasteiger partial charge in [0.05, 0.1) is 12.5 Å². The quantitative estimate of drug-likeness (QED) is 0.101. The van der Waals surface area contributed by atoms with E-state index >= 15 is 0 Å². The number of carboxylic acid groups (broad SMARTS) is 2. The predicted molar refractivity (Wildman–Crippen MR) is 159 cm³/mol. The summed E-state index contributed by atoms with van der Waals surface area (Å²) in [7, 11) is 0. The number of carbonyl (C=O) groups excluding carboxylic acids is 3. The largest absolute Gasteiger partial charge is 0.481 e. The number of H-pyrrole nitrogens is 1. The van der Waals surface area contributed by atoms with Gasteiger partial charge in [-0.15, -0.1) is 0 Å². The molecule has 1 heterocycles. The van der Waals surface area contributed by atoms with Gasteiger partial charge >= 0.3 is 11.9 Å². The molecule has 230 valence electrons. The zero-order chi connectivity index (χ0) is 31.4. The van der Waals surface area contributed by atoms with Crippen LogP contribution in [0, 0.1) is 0 Å². The highest BCUT2D eigenvalue weighted by atomic mass is 16.4. The van der Waals surface area contributed by atoms with Crippen LogP contribution in [0.15, 0.2) is 60.8 Å². The molecule has 0 saturated heterocycles. The zero-order valence-corrected chi connectivity index (χ0v) is 23.6. The molecule has 10 N–H and O–H groups in total. The SMILES string of the molecule is NCCCCC(NC(=O)C(CC(=O)O)NC(=O)C(N)Cc1c[nH]c2ccccc12)C(=O)NC(Cc1ccccc1)C(=O)O. The van der Waals surface area contributed by atoms with Gasteiger partial charge in [0.15, 0.2) is 0 Å². The van der Waals surface area contributed by atoms with Crippen LogP contribution in [-0.2, 0) is 36.8 Å². The molecule has 13 heteroatoms. The summed E-state index contributed by atoms with van der Waals surface area (Å²) in [5.41, 5.74) is 14.0. The van der Waals surface area contributed by atoms with Crippen LogP contribution < -0.4 is 27.4 Å². The molecule has 0 aliphatic carbocycles. The number of hydrogen-bond acceptors (Lipinski definition) is 7. The number of amides is 3. The Morgan fingerprint density at radius 1 is 0.767 bits per heavy atom. The molecule has 4 atom stereocenters. The van der Waals surface area contributed by atoms with Crippen molar-refractivity contribution >= 4 is 40.6 Å². The lowest BCUT2D eigenvalue weighted by molar-refractivity contribution is -0.143. The van der Waals surface area contributed by atoms with E-state index in [0.29, 0.717) is 24.9 Å². The van der Waals surface area contributed by atoms with E-state index < -0.39 is 60.2 Å². The Kier molecular flexibility index (Phi) is 12.2. The molecule has 1 aromatic heterocycles. The Balaban J connectivity index is 1.70. The predicted octanol–water partition coefficient (Wildman–Crippen LogP) is 0.423. The molecular formula is C30H38N6O7. The van der Waals surface area contributed by atoms with Gasteiger partial charge < -0.3 is 42.6 Å². The van der Waals surface area contributed by atoms with Crippen molar-refractivity contribution in [1.29, 1.82) is 0 Å². The highest BCUT2D eigenvalue weighted by Crippen LogP contribution is 2.19. The molecule has 13 nitrogen and oxygen atoms in total. The van der Waals surface area contributed by atoms with E-state index in [2.05, 4.69) is 20.9 Å². The molecule has 0 bridgehead atoms. The van der Waals surface area contributed by atoms with Crippen molar-refractivity contribution < 1.29 is 34.2 Å². The van der Waals surface area contributed by atoms with E-state index in [1.165, 1.54) is 0 Å². The number of fused-ring (bicyclic) bond motifs is 1. The topological polar surface area (TPSA) is 230 Å². The van der Waals surface area contributed by atoms with Gasteiger partial charge in [0.1, 0.15) is 18.1 Å². The summed E-state index contributed by atoms with van der Waals surface area (Å²) >= 11 is 0. The van der Waals surface area contributed by atoms with Crippen molar-refractivity contribution in [3.05, 3.63) is 71.9 Å². The van der Waals surface area contributed by atoms with Crippen molar-refractivity contribution in [3.63, 3.8) is 0 Å². The summed E-state index contributed by atoms with van der Waals surface area (Å²) in [5, 5.41) is 27.4. The fourth-order valence-corrected chi connectivity index (χ4v) is 4.65. The first kappa shape index (κ1) is 32.8. The van der Waals surface area contributed by atoms with E-state index in [1.807, 2.05) is 24.3 Å². The fraction of sp³-hybridized carbons (Fsp3) is 0.367. The highest BCUT2D eigenvalue weighted by Gasteiger charge is 2.31. The number of unbranched alkanes of at least 4 members (excludes halogenated alkanes) is 1. The van der Waals surface area contributed by atoms with Crippen LogP contribution in [0.25, 0.3) is 10.9 Å². The van der Waals surface area contributed by atoms with Crippen LogP contribution in [0.4, 0.5) is 0 Å². The van der Waals surface area contributed by atoms with Gasteiger partial charge in [0.2, 0.25) is 17.7 Å². The van der Waals surface area contributed by atoms with Crippen LogP contribution in [-0.4, -0.2) is 75.6 Å². The van der Waals surface area contributed by atoms with E-state index in [0.717, 1.165) is 16.5 Å². The third-order valence-corrected chi connectivity index (χ3v) is 6.94. The van der Waals surface area contributed by atoms with Crippen molar-refractivity contribution in [1.82, 2.24) is 20.9 Å². The summed E-state index contributed by atoms with van der Waals surface area (Å²) in [6.07, 6.45) is 2.17. The molecule has 3 aromatic rings. The van der Waals surface area contributed by atoms with Gasteiger partial charge in [-0.2, -0.15) is 0 Å². The number of nitrogens with two attached hydrogens (primary N) is 2. The van der Waals surface area contributed by atoms with Crippen molar-refractivity contribution in [2.75, 3.05) is 6.54 Å². The Labute approximate surface area is 248 Å². The number of carbonyl (C=O) groups is 5. The molecule has 3 amide bonds. The van der Waals surface area contributed by atoms with E-state index in [4.69, 9.17) is 11.5 Å². The maximum absolute atomic E-state index is 13.2. The number of carboxylic acids is 2. The molecule has 2 aromatic carbocycles. The maximum atomic E-state index is 13.2. The van der Waals surface area contributed by atoms with Gasteiger partial charge in [0, 0.05) is 23.5 Å². The third kappa shape index (κ3) is 9.94. The Morgan fingerprint density at radius 3 is 2.07 bits per heavy atom. The molecule has 0 spiro atoms. The third-order valence-electron chi connectivity index (χ3n) is 6.94. The van der Waals surface area contributed by atoms with Gasteiger partial charge in [-0.05, 0) is 49.4 Å². The second-order valence-corrected chi connectivity index (χ2v) is 10.3. The van der Waals surface area contributed by atoms with E-state index in [1.54, 1.807) is 36.5 Å². The Bertz CT molecular complexity index is 1410. The molecule has 0 aliphatic heterocycles. The molecule has 0 radical (unpaired) electrons. The van der Waals surface area contributed by atoms with E-state index in [9.17, 15) is 34.2 Å². The number of para-hydroxylation sites is 1. The Morgan fingerprint density at radius 2 is 1.40 bits per heavy atom. The minimum absolute atomic E-state index is 0.0113. The number of hydrogen-bond donors (Lipinski definition) is 8. The molecule has 0 saturated carbocycles. The lowest BCUT2D eigenvalue weighted by atomic mass is 10.0. The van der Waals surface area contributed by atoms with Crippen LogP contribution in [0.1, 0.15) is 36.8 Å². The first-order valence-corrected chi connectivity index (χ1v) is 14.0. The first-order valence-electron chi connectivity index (χ1n) is 14.0. The maximum Gasteiger partial charge on any atom is 0.326 e. The molecule has 4 unspecified atom stereocenters. The number of benzene rings is 2. The molecule has 0 aliphatic rings. The molecule has 3 rings (SSSR count). The normalized spacial score (nSPS) is 13.8. The zero-order valence-electron chi connectivity index (χ0n) is 23.6. The number of aromatic nitrogens is 1. The van der Waals surface area contributed by atoms with Crippen LogP contribution >= 0.6 is 0 Å². The van der Waals surface area contributed by atoms with Crippen molar-refractivity contribution in [3.8, 4) is 0 Å². The fourth-order valence-electron chi connectivity index (χ4n) is 4.65. The lowest BCUT2D eigenvalue weighted by Gasteiger charge is -2.25. The van der Waals surface area contributed by atoms with Crippen LogP contribution in [0.5, 0.6) is 0 Å². The van der Waals surface area contributed by atoms with E-state index in [-0.39, 0.29) is 19.3 Å². The number of aromatic amines is 1. The Hall–Kier alpha value is -4.75. The van der Waals surface area contributed by atoms with Crippen LogP contribution in [0.2, 0.25) is 0 Å². The first-order chi connectivity index (χ1) is 20.6. The average molecular weight is 595 g/mol. The van der Waals surface area contributed by atoms with Gasteiger partial charge in [0.25, 0.3) is 0 Å². The van der Waals surface area contributed by atoms with Crippen molar-refractivity contribution in [2.45, 2.75) is 62.7 Å². The second-order valence-electron chi connectivity index (χ2n) is 10.3. The highest BCUT2D eigenvalue weighted by molar-refractivity contribution is 5.96. The summed E-state index contributed by atoms with van der Waals surface area (Å²) in [6, 6.07) is 11.1. The summed E-state index contributed by atoms with van der Waals surface area (Å²) < 4.78 is 0. The van der Waals surface area contributed by atoms with Gasteiger partial charge in [-0.25, -0.2) is 4.79 Å². The minimum atomic E-state index is -1.54. The monoisotopic (exact) mass is 594 g/mol. The lowest BCUT2D eigenvalue weighted by Crippen LogP contribution is -2.57. The molecular weight excluding hydrogens is 556 g/mol. The minimum Gasteiger partial charge on any atom is -0.481 e. The smallest absolute Gasteiger partial charge is 0.326 e. The van der Waals surface area contributed by atoms with Crippen molar-refractivity contribution in [2.24, 2.45) is 11.5 Å². The van der Waals surface area contributed by atoms with Gasteiger partial charge in [-0.3, -0.25) is 19.2 Å². The number of rotatable bonds is 17.